The van der Waals surface area contributed by atoms with Crippen LogP contribution in [0.25, 0.3) is 0 Å². The van der Waals surface area contributed by atoms with Gasteiger partial charge in [0.2, 0.25) is 5.91 Å². The van der Waals surface area contributed by atoms with Crippen molar-refractivity contribution in [2.75, 3.05) is 13.2 Å². The van der Waals surface area contributed by atoms with E-state index in [-0.39, 0.29) is 12.5 Å². The maximum absolute atomic E-state index is 12.7. The molecule has 0 spiro atoms. The average molecular weight is 590 g/mol. The predicted molar refractivity (Wildman–Crippen MR) is 161 cm³/mol. The van der Waals surface area contributed by atoms with Gasteiger partial charge in [0, 0.05) is 6.42 Å². The summed E-state index contributed by atoms with van der Waals surface area (Å²) in [6.07, 6.45) is 14.6. The summed E-state index contributed by atoms with van der Waals surface area (Å²) in [5, 5.41) is 53.4. The fraction of sp³-hybridized carbons (Fsp3) is 0.969. The lowest BCUT2D eigenvalue weighted by Crippen LogP contribution is -2.60. The fourth-order valence-electron chi connectivity index (χ4n) is 5.39. The highest BCUT2D eigenvalue weighted by molar-refractivity contribution is 5.76. The smallest absolute Gasteiger partial charge is 0.220 e. The quantitative estimate of drug-likeness (QED) is 0.0809. The van der Waals surface area contributed by atoms with Crippen molar-refractivity contribution in [1.29, 1.82) is 0 Å². The molecule has 0 aromatic heterocycles. The Labute approximate surface area is 249 Å². The van der Waals surface area contributed by atoms with Crippen LogP contribution in [-0.2, 0) is 14.3 Å². The Kier molecular flexibility index (Phi) is 22.9. The number of aliphatic hydroxyl groups is 5. The van der Waals surface area contributed by atoms with E-state index in [9.17, 15) is 30.3 Å². The molecule has 0 aromatic rings. The number of unbranched alkanes of at least 4 members (excludes halogenated alkanes) is 16. The second-order valence-corrected chi connectivity index (χ2v) is 12.0. The van der Waals surface area contributed by atoms with Crippen LogP contribution < -0.4 is 5.32 Å². The molecule has 9 nitrogen and oxygen atoms in total. The summed E-state index contributed by atoms with van der Waals surface area (Å²) in [7, 11) is 0. The lowest BCUT2D eigenvalue weighted by molar-refractivity contribution is -0.302. The zero-order valence-corrected chi connectivity index (χ0v) is 26.1. The zero-order chi connectivity index (χ0) is 30.3. The van der Waals surface area contributed by atoms with E-state index in [1.54, 1.807) is 0 Å². The van der Waals surface area contributed by atoms with Gasteiger partial charge in [-0.05, 0) is 12.8 Å². The highest BCUT2D eigenvalue weighted by atomic mass is 16.7. The second kappa shape index (κ2) is 24.6. The standard InChI is InChI=1S/C32H63NO8/c1-3-5-7-9-10-11-12-13-14-15-16-17-18-20-22-28(36)33-25(26(35)21-19-8-6-4-2)24-40-32-31(39)30(38)29(37)27(23-34)41-32/h25-27,29-32,34-35,37-39H,3-24H2,1-2H3,(H,33,36). The maximum atomic E-state index is 12.7. The summed E-state index contributed by atoms with van der Waals surface area (Å²) in [6, 6.07) is -0.705. The van der Waals surface area contributed by atoms with Crippen LogP contribution in [0.5, 0.6) is 0 Å². The topological polar surface area (TPSA) is 149 Å². The molecule has 7 atom stereocenters. The number of rotatable bonds is 26. The van der Waals surface area contributed by atoms with Gasteiger partial charge in [-0.1, -0.05) is 123 Å². The average Bonchev–Trinajstić information content (AvgIpc) is 2.97. The van der Waals surface area contributed by atoms with Gasteiger partial charge < -0.3 is 40.3 Å². The molecule has 1 fully saturated rings. The number of hydrogen-bond acceptors (Lipinski definition) is 8. The van der Waals surface area contributed by atoms with Gasteiger partial charge in [-0.2, -0.15) is 0 Å². The van der Waals surface area contributed by atoms with E-state index >= 15 is 0 Å². The van der Waals surface area contributed by atoms with Gasteiger partial charge in [-0.3, -0.25) is 4.79 Å². The number of carbonyl (C=O) groups is 1. The number of amides is 1. The molecule has 1 aliphatic rings. The Morgan fingerprint density at radius 2 is 1.22 bits per heavy atom. The number of nitrogens with one attached hydrogen (secondary N) is 1. The van der Waals surface area contributed by atoms with Crippen molar-refractivity contribution < 1.29 is 39.8 Å². The Hall–Kier alpha value is -0.810. The van der Waals surface area contributed by atoms with Crippen molar-refractivity contribution in [2.24, 2.45) is 0 Å². The van der Waals surface area contributed by atoms with E-state index in [4.69, 9.17) is 9.47 Å². The van der Waals surface area contributed by atoms with Gasteiger partial charge in [-0.25, -0.2) is 0 Å². The van der Waals surface area contributed by atoms with Gasteiger partial charge in [0.05, 0.1) is 25.4 Å². The van der Waals surface area contributed by atoms with Crippen LogP contribution in [0.4, 0.5) is 0 Å². The fourth-order valence-corrected chi connectivity index (χ4v) is 5.39. The Bertz CT molecular complexity index is 623. The van der Waals surface area contributed by atoms with Crippen molar-refractivity contribution >= 4 is 5.91 Å². The van der Waals surface area contributed by atoms with E-state index < -0.39 is 49.5 Å². The molecule has 6 N–H and O–H groups in total. The molecule has 1 aliphatic heterocycles. The van der Waals surface area contributed by atoms with Crippen LogP contribution in [0.15, 0.2) is 0 Å². The van der Waals surface area contributed by atoms with E-state index in [1.165, 1.54) is 70.6 Å². The van der Waals surface area contributed by atoms with Gasteiger partial charge in [-0.15, -0.1) is 0 Å². The Morgan fingerprint density at radius 3 is 1.73 bits per heavy atom. The first-order valence-electron chi connectivity index (χ1n) is 16.7. The molecule has 0 radical (unpaired) electrons. The third-order valence-electron chi connectivity index (χ3n) is 8.21. The first-order valence-corrected chi connectivity index (χ1v) is 16.7. The van der Waals surface area contributed by atoms with Gasteiger partial charge in [0.1, 0.15) is 24.4 Å². The lowest BCUT2D eigenvalue weighted by Gasteiger charge is -2.40. The Morgan fingerprint density at radius 1 is 0.732 bits per heavy atom. The SMILES string of the molecule is CCCCCCCCCCCCCCCCC(=O)NC(COC1OC(CO)C(O)C(O)C1O)C(O)CCCCCC. The van der Waals surface area contributed by atoms with Crippen molar-refractivity contribution in [3.05, 3.63) is 0 Å². The van der Waals surface area contributed by atoms with Crippen molar-refractivity contribution in [3.63, 3.8) is 0 Å². The highest BCUT2D eigenvalue weighted by Gasteiger charge is 2.44. The minimum Gasteiger partial charge on any atom is -0.394 e. The summed E-state index contributed by atoms with van der Waals surface area (Å²) in [4.78, 5) is 12.7. The third-order valence-corrected chi connectivity index (χ3v) is 8.21. The van der Waals surface area contributed by atoms with Crippen LogP contribution in [0, 0.1) is 0 Å². The highest BCUT2D eigenvalue weighted by Crippen LogP contribution is 2.22. The van der Waals surface area contributed by atoms with Crippen LogP contribution in [0.3, 0.4) is 0 Å². The lowest BCUT2D eigenvalue weighted by atomic mass is 9.99. The monoisotopic (exact) mass is 589 g/mol. The number of aliphatic hydroxyl groups excluding tert-OH is 5. The summed E-state index contributed by atoms with van der Waals surface area (Å²) < 4.78 is 11.1. The van der Waals surface area contributed by atoms with E-state index in [1.807, 2.05) is 0 Å². The molecular weight excluding hydrogens is 526 g/mol. The number of hydrogen-bond donors (Lipinski definition) is 6. The number of ether oxygens (including phenoxy) is 2. The molecule has 0 bridgehead atoms. The second-order valence-electron chi connectivity index (χ2n) is 12.0. The third kappa shape index (κ3) is 17.2. The van der Waals surface area contributed by atoms with E-state index in [0.29, 0.717) is 12.8 Å². The van der Waals surface area contributed by atoms with Crippen LogP contribution >= 0.6 is 0 Å². The zero-order valence-electron chi connectivity index (χ0n) is 26.1. The van der Waals surface area contributed by atoms with Crippen molar-refractivity contribution in [1.82, 2.24) is 5.32 Å². The maximum Gasteiger partial charge on any atom is 0.220 e. The number of carbonyl (C=O) groups excluding carboxylic acids is 1. The normalized spacial score (nSPS) is 24.3. The largest absolute Gasteiger partial charge is 0.394 e. The molecule has 244 valence electrons. The van der Waals surface area contributed by atoms with Crippen LogP contribution in [-0.4, -0.2) is 87.5 Å². The molecule has 0 aliphatic carbocycles. The molecule has 0 aromatic carbocycles. The van der Waals surface area contributed by atoms with E-state index in [2.05, 4.69) is 19.2 Å². The van der Waals surface area contributed by atoms with Gasteiger partial charge in [0.15, 0.2) is 6.29 Å². The summed E-state index contributed by atoms with van der Waals surface area (Å²) in [5.74, 6) is -0.154. The molecule has 1 saturated heterocycles. The predicted octanol–water partition coefficient (Wildman–Crippen LogP) is 4.49. The molecule has 1 heterocycles. The van der Waals surface area contributed by atoms with E-state index in [0.717, 1.165) is 44.9 Å². The molecular formula is C32H63NO8. The summed E-state index contributed by atoms with van der Waals surface area (Å²) in [6.45, 7) is 3.68. The molecule has 9 heteroatoms. The van der Waals surface area contributed by atoms with Crippen molar-refractivity contribution in [3.8, 4) is 0 Å². The first-order chi connectivity index (χ1) is 19.8. The molecule has 1 rings (SSSR count). The first kappa shape index (κ1) is 38.2. The minimum atomic E-state index is -1.54. The summed E-state index contributed by atoms with van der Waals surface area (Å²) >= 11 is 0. The van der Waals surface area contributed by atoms with Gasteiger partial charge in [0.25, 0.3) is 0 Å². The molecule has 0 saturated carbocycles. The minimum absolute atomic E-state index is 0.137. The van der Waals surface area contributed by atoms with Crippen LogP contribution in [0.2, 0.25) is 0 Å². The Balaban J connectivity index is 2.34. The van der Waals surface area contributed by atoms with Crippen molar-refractivity contribution in [2.45, 2.75) is 185 Å². The molecule has 1 amide bonds. The van der Waals surface area contributed by atoms with Gasteiger partial charge >= 0.3 is 0 Å². The molecule has 7 unspecified atom stereocenters. The molecule has 41 heavy (non-hydrogen) atoms. The summed E-state index contributed by atoms with van der Waals surface area (Å²) in [5.41, 5.74) is 0. The van der Waals surface area contributed by atoms with Crippen LogP contribution in [0.1, 0.15) is 142 Å².